The Balaban J connectivity index is 0.000000184. The van der Waals surface area contributed by atoms with Crippen LogP contribution in [0.1, 0.15) is 104 Å². The van der Waals surface area contributed by atoms with Gasteiger partial charge in [0.2, 0.25) is 0 Å². The molecule has 5 heterocycles. The van der Waals surface area contributed by atoms with E-state index in [1.165, 1.54) is 22.3 Å². The van der Waals surface area contributed by atoms with Gasteiger partial charge < -0.3 is 23.8 Å². The Bertz CT molecular complexity index is 2670. The Morgan fingerprint density at radius 1 is 0.672 bits per heavy atom. The first-order valence-electron chi connectivity index (χ1n) is 22.8. The quantitative estimate of drug-likeness (QED) is 0.159. The number of aromatic nitrogens is 4. The van der Waals surface area contributed by atoms with Crippen LogP contribution in [0.3, 0.4) is 0 Å². The summed E-state index contributed by atoms with van der Waals surface area (Å²) in [6, 6.07) is 20.4. The van der Waals surface area contributed by atoms with Gasteiger partial charge in [0.1, 0.15) is 11.2 Å². The van der Waals surface area contributed by atoms with Gasteiger partial charge in [-0.05, 0) is 135 Å². The summed E-state index contributed by atoms with van der Waals surface area (Å²) in [7, 11) is 2.01. The molecular weight excluding hydrogens is 951 g/mol. The summed E-state index contributed by atoms with van der Waals surface area (Å²) in [6.45, 7) is 16.7. The average molecular weight is 1010 g/mol. The predicted molar refractivity (Wildman–Crippen MR) is 270 cm³/mol. The van der Waals surface area contributed by atoms with Crippen molar-refractivity contribution in [1.29, 1.82) is 0 Å². The van der Waals surface area contributed by atoms with E-state index >= 15 is 0 Å². The van der Waals surface area contributed by atoms with Crippen LogP contribution in [-0.2, 0) is 22.9 Å². The minimum atomic E-state index is -0.507. The van der Waals surface area contributed by atoms with Crippen LogP contribution in [0.2, 0.25) is 10.0 Å². The molecule has 3 aromatic heterocycles. The number of hydrogen-bond acceptors (Lipinski definition) is 9. The molecule has 9 rings (SSSR count). The van der Waals surface area contributed by atoms with Crippen molar-refractivity contribution >= 4 is 74.6 Å². The highest BCUT2D eigenvalue weighted by atomic mass is 79.9. The monoisotopic (exact) mass is 1010 g/mol. The Morgan fingerprint density at radius 2 is 1.12 bits per heavy atom. The Labute approximate surface area is 412 Å². The number of benzene rings is 2. The molecule has 2 saturated heterocycles. The van der Waals surface area contributed by atoms with Gasteiger partial charge in [0, 0.05) is 105 Å². The van der Waals surface area contributed by atoms with E-state index in [2.05, 4.69) is 73.2 Å². The second kappa shape index (κ2) is 20.3. The molecule has 2 unspecified atom stereocenters. The number of alkyl halides is 1. The van der Waals surface area contributed by atoms with E-state index < -0.39 is 11.2 Å². The van der Waals surface area contributed by atoms with Crippen LogP contribution in [0.25, 0.3) is 23.3 Å². The smallest absolute Gasteiger partial charge is 0.410 e. The first-order valence-corrected chi connectivity index (χ1v) is 24.7. The number of allylic oxidation sites excluding steroid dienone is 2. The van der Waals surface area contributed by atoms with Gasteiger partial charge in [-0.15, -0.1) is 0 Å². The van der Waals surface area contributed by atoms with Gasteiger partial charge in [0.05, 0.1) is 29.8 Å². The maximum atomic E-state index is 12.7. The van der Waals surface area contributed by atoms with Crippen LogP contribution < -0.4 is 0 Å². The highest BCUT2D eigenvalue weighted by molar-refractivity contribution is 9.09. The second-order valence-electron chi connectivity index (χ2n) is 19.4. The fourth-order valence-electron chi connectivity index (χ4n) is 9.20. The Kier molecular flexibility index (Phi) is 14.6. The van der Waals surface area contributed by atoms with Crippen molar-refractivity contribution in [3.05, 3.63) is 146 Å². The van der Waals surface area contributed by atoms with Gasteiger partial charge in [0.25, 0.3) is 0 Å². The van der Waals surface area contributed by atoms with E-state index in [1.807, 2.05) is 108 Å². The number of fused-ring (bicyclic) bond motifs is 4. The van der Waals surface area contributed by atoms with Crippen molar-refractivity contribution < 1.29 is 19.1 Å². The van der Waals surface area contributed by atoms with Crippen LogP contribution >= 0.6 is 39.1 Å². The molecule has 2 amide bonds. The van der Waals surface area contributed by atoms with Crippen LogP contribution in [0.5, 0.6) is 0 Å². The summed E-state index contributed by atoms with van der Waals surface area (Å²) < 4.78 is 13.2. The van der Waals surface area contributed by atoms with E-state index in [4.69, 9.17) is 42.6 Å². The summed E-state index contributed by atoms with van der Waals surface area (Å²) in [5.41, 5.74) is 11.4. The Hall–Kier alpha value is -5.05. The summed E-state index contributed by atoms with van der Waals surface area (Å²) in [5.74, 6) is 0. The highest BCUT2D eigenvalue weighted by Crippen LogP contribution is 2.43. The van der Waals surface area contributed by atoms with Gasteiger partial charge in [0.15, 0.2) is 0 Å². The van der Waals surface area contributed by atoms with Crippen molar-refractivity contribution in [2.45, 2.75) is 71.2 Å². The lowest BCUT2D eigenvalue weighted by atomic mass is 9.92. The van der Waals surface area contributed by atoms with Gasteiger partial charge in [-0.3, -0.25) is 19.8 Å². The van der Waals surface area contributed by atoms with Gasteiger partial charge in [-0.2, -0.15) is 0 Å². The molecule has 0 spiro atoms. The number of nitrogens with zero attached hydrogens (tertiary/aromatic N) is 8. The van der Waals surface area contributed by atoms with Crippen molar-refractivity contribution in [2.24, 2.45) is 7.05 Å². The molecule has 5 aromatic rings. The number of ether oxygens (including phenoxy) is 2. The van der Waals surface area contributed by atoms with E-state index in [0.717, 1.165) is 82.3 Å². The molecule has 2 aliphatic heterocycles. The number of amides is 2. The van der Waals surface area contributed by atoms with Gasteiger partial charge in [-0.1, -0.05) is 63.4 Å². The third-order valence-corrected chi connectivity index (χ3v) is 13.4. The number of halogens is 3. The largest absolute Gasteiger partial charge is 0.444 e. The SMILES string of the molecule is CC(C)(C)OC(=O)N1CCN(C2c3ccc(Cl)cc3C(CBr)=Cc3cccnc32)CC1.Cn1cncc1CC1=Cc2cccnc2C(N2CCN(C(=O)OC(C)(C)C)CC2)c2ccc(Cl)cc21. The molecule has 352 valence electrons. The molecular formula is C52H59BrCl2N8O4. The van der Waals surface area contributed by atoms with Crippen molar-refractivity contribution in [1.82, 2.24) is 39.1 Å². The second-order valence-corrected chi connectivity index (χ2v) is 20.8. The highest BCUT2D eigenvalue weighted by Gasteiger charge is 2.36. The van der Waals surface area contributed by atoms with Crippen molar-refractivity contribution in [3.8, 4) is 0 Å². The van der Waals surface area contributed by atoms with Crippen LogP contribution in [0, 0.1) is 0 Å². The molecule has 2 aromatic carbocycles. The number of carbonyl (C=O) groups is 2. The third kappa shape index (κ3) is 11.3. The topological polar surface area (TPSA) is 109 Å². The fourth-order valence-corrected chi connectivity index (χ4v) is 10.0. The van der Waals surface area contributed by atoms with E-state index in [-0.39, 0.29) is 24.3 Å². The fraction of sp³-hybridized carbons (Fsp3) is 0.404. The van der Waals surface area contributed by atoms with E-state index in [0.29, 0.717) is 31.2 Å². The molecule has 2 atom stereocenters. The van der Waals surface area contributed by atoms with E-state index in [1.54, 1.807) is 9.80 Å². The number of piperazine rings is 2. The molecule has 4 aliphatic rings. The van der Waals surface area contributed by atoms with Crippen LogP contribution in [0.15, 0.2) is 85.6 Å². The molecule has 12 nitrogen and oxygen atoms in total. The predicted octanol–water partition coefficient (Wildman–Crippen LogP) is 10.8. The maximum absolute atomic E-state index is 12.7. The van der Waals surface area contributed by atoms with Gasteiger partial charge >= 0.3 is 12.2 Å². The molecule has 2 fully saturated rings. The summed E-state index contributed by atoms with van der Waals surface area (Å²) in [5, 5.41) is 2.16. The molecule has 2 aliphatic carbocycles. The average Bonchev–Trinajstić information content (AvgIpc) is 3.56. The number of rotatable bonds is 5. The number of imidazole rings is 1. The Morgan fingerprint density at radius 3 is 1.54 bits per heavy atom. The first kappa shape index (κ1) is 48.4. The molecule has 67 heavy (non-hydrogen) atoms. The number of aryl methyl sites for hydroxylation is 1. The maximum Gasteiger partial charge on any atom is 0.410 e. The normalized spacial score (nSPS) is 18.7. The summed E-state index contributed by atoms with van der Waals surface area (Å²) in [6.07, 6.45) is 12.1. The molecule has 15 heteroatoms. The van der Waals surface area contributed by atoms with Gasteiger partial charge in [-0.25, -0.2) is 14.6 Å². The molecule has 0 saturated carbocycles. The lowest BCUT2D eigenvalue weighted by Gasteiger charge is -2.40. The zero-order valence-corrected chi connectivity index (χ0v) is 42.4. The zero-order chi connectivity index (χ0) is 47.6. The van der Waals surface area contributed by atoms with Crippen molar-refractivity contribution in [3.63, 3.8) is 0 Å². The lowest BCUT2D eigenvalue weighted by molar-refractivity contribution is 0.0109. The van der Waals surface area contributed by atoms with Crippen LogP contribution in [0.4, 0.5) is 9.59 Å². The third-order valence-electron chi connectivity index (χ3n) is 12.3. The number of carbonyl (C=O) groups excluding carboxylic acids is 2. The summed E-state index contributed by atoms with van der Waals surface area (Å²) in [4.78, 5) is 47.5. The summed E-state index contributed by atoms with van der Waals surface area (Å²) >= 11 is 16.6. The zero-order valence-electron chi connectivity index (χ0n) is 39.3. The minimum Gasteiger partial charge on any atom is -0.444 e. The standard InChI is InChI=1S/C28H32ClN5O2.C24H27BrClN3O2/c1-28(2,3)36-27(35)34-12-10-33(11-13-34)26-23-8-7-21(29)16-24(23)20(15-22-17-30-18-32(22)4)14-19-6-5-9-31-25(19)26;1-24(2,3)31-23(30)29-11-9-28(10-12-29)22-19-7-6-18(26)14-20(19)17(15-25)13-16-5-4-8-27-21(16)22/h5-9,14,16-18,26H,10-13,15H2,1-4H3;4-8,13-14,22H,9-12,15H2,1-3H3. The molecule has 0 radical (unpaired) electrons. The molecule has 0 bridgehead atoms. The number of pyridine rings is 2. The van der Waals surface area contributed by atoms with Crippen LogP contribution in [-0.4, -0.2) is 120 Å². The first-order chi connectivity index (χ1) is 32.0. The van der Waals surface area contributed by atoms with Crippen molar-refractivity contribution in [2.75, 3.05) is 57.7 Å². The van der Waals surface area contributed by atoms with E-state index in [9.17, 15) is 9.59 Å². The molecule has 0 N–H and O–H groups in total. The minimum absolute atomic E-state index is 0.00273. The lowest BCUT2D eigenvalue weighted by Crippen LogP contribution is -2.51. The number of hydrogen-bond donors (Lipinski definition) is 0.